The number of benzene rings is 1. The largest absolute Gasteiger partial charge is 0.325 e. The van der Waals surface area contributed by atoms with Crippen LogP contribution in [0.2, 0.25) is 0 Å². The lowest BCUT2D eigenvalue weighted by Crippen LogP contribution is -2.48. The molecule has 1 fully saturated rings. The first-order valence-corrected chi connectivity index (χ1v) is 6.41. The minimum Gasteiger partial charge on any atom is -0.305 e. The lowest BCUT2D eigenvalue weighted by Gasteiger charge is -2.33. The van der Waals surface area contributed by atoms with Crippen molar-refractivity contribution >= 4 is 11.9 Å². The molecule has 0 aliphatic carbocycles. The molecule has 0 bridgehead atoms. The van der Waals surface area contributed by atoms with Gasteiger partial charge in [0, 0.05) is 6.54 Å². The van der Waals surface area contributed by atoms with Gasteiger partial charge in [0.1, 0.15) is 11.4 Å². The summed E-state index contributed by atoms with van der Waals surface area (Å²) in [7, 11) is 0. The zero-order valence-electron chi connectivity index (χ0n) is 11.1. The van der Waals surface area contributed by atoms with E-state index in [1.165, 1.54) is 17.0 Å². The highest BCUT2D eigenvalue weighted by Crippen LogP contribution is 2.30. The van der Waals surface area contributed by atoms with Gasteiger partial charge in [0.05, 0.1) is 0 Å². The van der Waals surface area contributed by atoms with Crippen molar-refractivity contribution in [3.63, 3.8) is 0 Å². The highest BCUT2D eigenvalue weighted by Gasteiger charge is 2.50. The number of carbonyl (C=O) groups excluding carboxylic acids is 2. The van der Waals surface area contributed by atoms with Crippen LogP contribution < -0.4 is 5.32 Å². The summed E-state index contributed by atoms with van der Waals surface area (Å²) in [6.07, 6.45) is 1.08. The Morgan fingerprint density at radius 3 is 2.53 bits per heavy atom. The SMILES string of the molecule is CCC1(CC)C(=O)NC(=O)N1Cc1cccc(F)c1. The molecule has 102 valence electrons. The van der Waals surface area contributed by atoms with E-state index in [0.29, 0.717) is 18.4 Å². The maximum Gasteiger partial charge on any atom is 0.325 e. The third-order valence-electron chi connectivity index (χ3n) is 3.80. The minimum absolute atomic E-state index is 0.233. The van der Waals surface area contributed by atoms with Crippen LogP contribution >= 0.6 is 0 Å². The van der Waals surface area contributed by atoms with Gasteiger partial charge >= 0.3 is 6.03 Å². The van der Waals surface area contributed by atoms with Crippen LogP contribution in [0.1, 0.15) is 32.3 Å². The van der Waals surface area contributed by atoms with Crippen LogP contribution in [0.5, 0.6) is 0 Å². The topological polar surface area (TPSA) is 49.4 Å². The molecule has 5 heteroatoms. The number of urea groups is 1. The molecule has 3 amide bonds. The van der Waals surface area contributed by atoms with Crippen LogP contribution in [0, 0.1) is 5.82 Å². The fraction of sp³-hybridized carbons (Fsp3) is 0.429. The Balaban J connectivity index is 2.31. The van der Waals surface area contributed by atoms with Gasteiger partial charge in [0.15, 0.2) is 0 Å². The fourth-order valence-corrected chi connectivity index (χ4v) is 2.59. The molecule has 0 spiro atoms. The van der Waals surface area contributed by atoms with E-state index >= 15 is 0 Å². The van der Waals surface area contributed by atoms with Gasteiger partial charge in [-0.1, -0.05) is 26.0 Å². The van der Waals surface area contributed by atoms with Gasteiger partial charge in [-0.2, -0.15) is 0 Å². The van der Waals surface area contributed by atoms with Crippen molar-refractivity contribution in [3.05, 3.63) is 35.6 Å². The van der Waals surface area contributed by atoms with Crippen molar-refractivity contribution in [1.82, 2.24) is 10.2 Å². The molecule has 19 heavy (non-hydrogen) atoms. The van der Waals surface area contributed by atoms with Crippen LogP contribution in [0.3, 0.4) is 0 Å². The van der Waals surface area contributed by atoms with Crippen molar-refractivity contribution in [2.45, 2.75) is 38.8 Å². The molecule has 0 unspecified atom stereocenters. The molecular formula is C14H17FN2O2. The standard InChI is InChI=1S/C14H17FN2O2/c1-3-14(4-2)12(18)16-13(19)17(14)9-10-6-5-7-11(15)8-10/h5-8H,3-4,9H2,1-2H3,(H,16,18,19). The number of halogens is 1. The first-order chi connectivity index (χ1) is 9.03. The summed E-state index contributed by atoms with van der Waals surface area (Å²) in [5, 5.41) is 2.35. The highest BCUT2D eigenvalue weighted by molar-refractivity contribution is 6.06. The number of nitrogens with zero attached hydrogens (tertiary/aromatic N) is 1. The Hall–Kier alpha value is -1.91. The number of nitrogens with one attached hydrogen (secondary N) is 1. The van der Waals surface area contributed by atoms with E-state index in [-0.39, 0.29) is 18.3 Å². The first-order valence-electron chi connectivity index (χ1n) is 6.41. The Labute approximate surface area is 111 Å². The summed E-state index contributed by atoms with van der Waals surface area (Å²) in [6, 6.07) is 5.67. The van der Waals surface area contributed by atoms with Crippen LogP contribution in [0.4, 0.5) is 9.18 Å². The summed E-state index contributed by atoms with van der Waals surface area (Å²) in [5.74, 6) is -0.610. The molecule has 0 aromatic heterocycles. The lowest BCUT2D eigenvalue weighted by atomic mass is 9.91. The van der Waals surface area contributed by atoms with Crippen LogP contribution in [0.25, 0.3) is 0 Å². The molecule has 4 nitrogen and oxygen atoms in total. The number of hydrogen-bond donors (Lipinski definition) is 1. The van der Waals surface area contributed by atoms with Gasteiger partial charge in [-0.15, -0.1) is 0 Å². The average molecular weight is 264 g/mol. The molecule has 1 heterocycles. The molecule has 0 saturated carbocycles. The van der Waals surface area contributed by atoms with Crippen molar-refractivity contribution in [3.8, 4) is 0 Å². The second-order valence-corrected chi connectivity index (χ2v) is 4.71. The van der Waals surface area contributed by atoms with E-state index < -0.39 is 11.6 Å². The molecule has 0 radical (unpaired) electrons. The van der Waals surface area contributed by atoms with E-state index in [2.05, 4.69) is 5.32 Å². The van der Waals surface area contributed by atoms with Crippen molar-refractivity contribution in [2.75, 3.05) is 0 Å². The molecule has 2 rings (SSSR count). The summed E-state index contributed by atoms with van der Waals surface area (Å²) in [6.45, 7) is 3.98. The lowest BCUT2D eigenvalue weighted by molar-refractivity contribution is -0.127. The minimum atomic E-state index is -0.816. The third kappa shape index (κ3) is 2.20. The summed E-state index contributed by atoms with van der Waals surface area (Å²) in [4.78, 5) is 25.4. The van der Waals surface area contributed by atoms with Crippen molar-refractivity contribution in [1.29, 1.82) is 0 Å². The van der Waals surface area contributed by atoms with Gasteiger partial charge in [-0.25, -0.2) is 9.18 Å². The molecule has 1 aliphatic rings. The molecule has 1 aliphatic heterocycles. The van der Waals surface area contributed by atoms with Gasteiger partial charge in [0.25, 0.3) is 5.91 Å². The average Bonchev–Trinajstić information content (AvgIpc) is 2.61. The van der Waals surface area contributed by atoms with Gasteiger partial charge in [-0.05, 0) is 30.5 Å². The zero-order chi connectivity index (χ0) is 14.0. The summed E-state index contributed by atoms with van der Waals surface area (Å²) in [5.41, 5.74) is -0.139. The Morgan fingerprint density at radius 1 is 1.26 bits per heavy atom. The van der Waals surface area contributed by atoms with E-state index in [0.717, 1.165) is 0 Å². The van der Waals surface area contributed by atoms with Crippen LogP contribution in [-0.4, -0.2) is 22.4 Å². The molecule has 1 aromatic carbocycles. The fourth-order valence-electron chi connectivity index (χ4n) is 2.59. The molecule has 1 saturated heterocycles. The maximum absolute atomic E-state index is 13.2. The molecule has 1 N–H and O–H groups in total. The number of amides is 3. The highest BCUT2D eigenvalue weighted by atomic mass is 19.1. The molecule has 1 aromatic rings. The maximum atomic E-state index is 13.2. The number of imide groups is 1. The Kier molecular flexibility index (Phi) is 3.55. The normalized spacial score (nSPS) is 17.7. The van der Waals surface area contributed by atoms with Crippen LogP contribution in [0.15, 0.2) is 24.3 Å². The van der Waals surface area contributed by atoms with E-state index in [4.69, 9.17) is 0 Å². The van der Waals surface area contributed by atoms with Crippen LogP contribution in [-0.2, 0) is 11.3 Å². The van der Waals surface area contributed by atoms with Crippen molar-refractivity contribution < 1.29 is 14.0 Å². The Bertz CT molecular complexity index is 512. The number of hydrogen-bond acceptors (Lipinski definition) is 2. The van der Waals surface area contributed by atoms with E-state index in [9.17, 15) is 14.0 Å². The quantitative estimate of drug-likeness (QED) is 0.849. The van der Waals surface area contributed by atoms with E-state index in [1.54, 1.807) is 12.1 Å². The Morgan fingerprint density at radius 2 is 1.95 bits per heavy atom. The molecule has 0 atom stereocenters. The van der Waals surface area contributed by atoms with E-state index in [1.807, 2.05) is 13.8 Å². The zero-order valence-corrected chi connectivity index (χ0v) is 11.1. The van der Waals surface area contributed by atoms with Gasteiger partial charge in [-0.3, -0.25) is 10.1 Å². The monoisotopic (exact) mass is 264 g/mol. The summed E-state index contributed by atoms with van der Waals surface area (Å²) >= 11 is 0. The van der Waals surface area contributed by atoms with Gasteiger partial charge < -0.3 is 4.90 Å². The predicted molar refractivity (Wildman–Crippen MR) is 68.8 cm³/mol. The summed E-state index contributed by atoms with van der Waals surface area (Å²) < 4.78 is 13.2. The van der Waals surface area contributed by atoms with Gasteiger partial charge in [0.2, 0.25) is 0 Å². The smallest absolute Gasteiger partial charge is 0.305 e. The third-order valence-corrected chi connectivity index (χ3v) is 3.80. The molecular weight excluding hydrogens is 247 g/mol. The predicted octanol–water partition coefficient (Wildman–Crippen LogP) is 2.44. The second kappa shape index (κ2) is 4.99. The second-order valence-electron chi connectivity index (χ2n) is 4.71. The number of carbonyl (C=O) groups is 2. The first kappa shape index (κ1) is 13.5. The number of rotatable bonds is 4. The van der Waals surface area contributed by atoms with Crippen molar-refractivity contribution in [2.24, 2.45) is 0 Å².